The number of amides is 3. The van der Waals surface area contributed by atoms with Gasteiger partial charge < -0.3 is 27.2 Å². The number of carbonyl (C=O) groups excluding carboxylic acids is 3. The molecule has 22 heavy (non-hydrogen) atoms. The number of primary amides is 1. The Kier molecular flexibility index (Phi) is 8.76. The molecule has 0 aliphatic rings. The molecule has 0 aromatic rings. The van der Waals surface area contributed by atoms with Gasteiger partial charge in [0, 0.05) is 6.42 Å². The van der Waals surface area contributed by atoms with Gasteiger partial charge in [-0.05, 0) is 12.3 Å². The minimum atomic E-state index is -1.18. The van der Waals surface area contributed by atoms with Crippen LogP contribution in [0, 0.1) is 5.92 Å². The largest absolute Gasteiger partial charge is 0.480 e. The van der Waals surface area contributed by atoms with Crippen molar-refractivity contribution in [3.8, 4) is 0 Å². The summed E-state index contributed by atoms with van der Waals surface area (Å²) >= 11 is 0. The minimum Gasteiger partial charge on any atom is -0.480 e. The van der Waals surface area contributed by atoms with Crippen molar-refractivity contribution < 1.29 is 24.3 Å². The molecule has 0 fully saturated rings. The van der Waals surface area contributed by atoms with Crippen LogP contribution >= 0.6 is 0 Å². The van der Waals surface area contributed by atoms with Gasteiger partial charge in [0.2, 0.25) is 17.7 Å². The summed E-state index contributed by atoms with van der Waals surface area (Å²) in [5.41, 5.74) is 10.6. The summed E-state index contributed by atoms with van der Waals surface area (Å²) in [6, 6.07) is -1.86. The summed E-state index contributed by atoms with van der Waals surface area (Å²) in [7, 11) is 0. The van der Waals surface area contributed by atoms with Gasteiger partial charge in [-0.15, -0.1) is 0 Å². The van der Waals surface area contributed by atoms with E-state index in [9.17, 15) is 19.2 Å². The molecule has 0 rings (SSSR count). The highest BCUT2D eigenvalue weighted by atomic mass is 16.4. The average molecular weight is 316 g/mol. The highest BCUT2D eigenvalue weighted by molar-refractivity contribution is 5.91. The van der Waals surface area contributed by atoms with Crippen LogP contribution in [0.3, 0.4) is 0 Å². The minimum absolute atomic E-state index is 0.0339. The first-order valence-electron chi connectivity index (χ1n) is 7.02. The number of nitrogens with one attached hydrogen (secondary N) is 2. The summed E-state index contributed by atoms with van der Waals surface area (Å²) in [4.78, 5) is 45.1. The Hall–Kier alpha value is -2.16. The smallest absolute Gasteiger partial charge is 0.322 e. The first kappa shape index (κ1) is 19.8. The van der Waals surface area contributed by atoms with E-state index in [4.69, 9.17) is 16.6 Å². The summed E-state index contributed by atoms with van der Waals surface area (Å²) in [5, 5.41) is 13.3. The first-order valence-corrected chi connectivity index (χ1v) is 7.02. The van der Waals surface area contributed by atoms with Crippen LogP contribution in [0.1, 0.15) is 33.1 Å². The lowest BCUT2D eigenvalue weighted by Crippen LogP contribution is -2.54. The topological polar surface area (TPSA) is 165 Å². The third-order valence-corrected chi connectivity index (χ3v) is 3.25. The number of aliphatic carboxylic acids is 1. The molecule has 0 saturated carbocycles. The normalized spacial score (nSPS) is 14.5. The quantitative estimate of drug-likeness (QED) is 0.322. The third-order valence-electron chi connectivity index (χ3n) is 3.25. The van der Waals surface area contributed by atoms with Gasteiger partial charge >= 0.3 is 5.97 Å². The standard InChI is InChI=1S/C13H24N4O5/c1-3-7(2)11(13(22)16-6-10(19)20)17-12(21)8(14)4-5-9(15)18/h7-8,11H,3-6,14H2,1-2H3,(H2,15,18)(H,16,22)(H,17,21)(H,19,20). The molecule has 9 heteroatoms. The number of carboxylic acids is 1. The van der Waals surface area contributed by atoms with Crippen molar-refractivity contribution in [2.75, 3.05) is 6.54 Å². The number of rotatable bonds is 10. The number of hydrogen-bond donors (Lipinski definition) is 5. The Morgan fingerprint density at radius 3 is 2.23 bits per heavy atom. The van der Waals surface area contributed by atoms with E-state index in [0.29, 0.717) is 6.42 Å². The van der Waals surface area contributed by atoms with Crippen LogP contribution < -0.4 is 22.1 Å². The summed E-state index contributed by atoms with van der Waals surface area (Å²) < 4.78 is 0. The molecule has 0 aromatic heterocycles. The Bertz CT molecular complexity index is 427. The SMILES string of the molecule is CCC(C)C(NC(=O)C(N)CCC(N)=O)C(=O)NCC(=O)O. The molecule has 0 aromatic carbocycles. The van der Waals surface area contributed by atoms with Gasteiger partial charge in [0.05, 0.1) is 6.04 Å². The van der Waals surface area contributed by atoms with Crippen LogP contribution in [-0.4, -0.2) is 47.4 Å². The van der Waals surface area contributed by atoms with Gasteiger partial charge in [-0.2, -0.15) is 0 Å². The Balaban J connectivity index is 4.70. The van der Waals surface area contributed by atoms with Crippen molar-refractivity contribution in [2.45, 2.75) is 45.2 Å². The van der Waals surface area contributed by atoms with Crippen LogP contribution in [0.4, 0.5) is 0 Å². The van der Waals surface area contributed by atoms with Crippen molar-refractivity contribution in [3.05, 3.63) is 0 Å². The molecule has 0 heterocycles. The van der Waals surface area contributed by atoms with Gasteiger partial charge in [-0.25, -0.2) is 0 Å². The van der Waals surface area contributed by atoms with Gasteiger partial charge in [-0.1, -0.05) is 20.3 Å². The number of carboxylic acid groups (broad SMARTS) is 1. The summed E-state index contributed by atoms with van der Waals surface area (Å²) in [6.45, 7) is 3.05. The van der Waals surface area contributed by atoms with E-state index < -0.39 is 42.3 Å². The molecule has 3 unspecified atom stereocenters. The molecule has 0 spiro atoms. The van der Waals surface area contributed by atoms with E-state index in [2.05, 4.69) is 10.6 Å². The van der Waals surface area contributed by atoms with E-state index in [0.717, 1.165) is 0 Å². The molecule has 3 atom stereocenters. The molecule has 126 valence electrons. The molecule has 7 N–H and O–H groups in total. The maximum absolute atomic E-state index is 12.0. The fourth-order valence-electron chi connectivity index (χ4n) is 1.66. The fraction of sp³-hybridized carbons (Fsp3) is 0.692. The Morgan fingerprint density at radius 1 is 1.18 bits per heavy atom. The van der Waals surface area contributed by atoms with Gasteiger partial charge in [0.1, 0.15) is 12.6 Å². The zero-order valence-corrected chi connectivity index (χ0v) is 12.8. The predicted octanol–water partition coefficient (Wildman–Crippen LogP) is -1.69. The lowest BCUT2D eigenvalue weighted by atomic mass is 9.97. The molecule has 3 amide bonds. The first-order chi connectivity index (χ1) is 10.2. The molecule has 0 aliphatic carbocycles. The van der Waals surface area contributed by atoms with Gasteiger partial charge in [0.25, 0.3) is 0 Å². The molecular weight excluding hydrogens is 292 g/mol. The Labute approximate surface area is 128 Å². The van der Waals surface area contributed by atoms with Crippen LogP contribution in [0.5, 0.6) is 0 Å². The second-order valence-electron chi connectivity index (χ2n) is 5.09. The molecular formula is C13H24N4O5. The maximum Gasteiger partial charge on any atom is 0.322 e. The van der Waals surface area contributed by atoms with Crippen LogP contribution in [0.25, 0.3) is 0 Å². The molecule has 0 saturated heterocycles. The highest BCUT2D eigenvalue weighted by Crippen LogP contribution is 2.08. The van der Waals surface area contributed by atoms with Gasteiger partial charge in [0.15, 0.2) is 0 Å². The lowest BCUT2D eigenvalue weighted by molar-refractivity contribution is -0.138. The second kappa shape index (κ2) is 9.72. The van der Waals surface area contributed by atoms with E-state index in [-0.39, 0.29) is 18.8 Å². The van der Waals surface area contributed by atoms with E-state index in [1.54, 1.807) is 6.92 Å². The van der Waals surface area contributed by atoms with Crippen LogP contribution in [-0.2, 0) is 19.2 Å². The molecule has 0 radical (unpaired) electrons. The average Bonchev–Trinajstić information content (AvgIpc) is 2.46. The van der Waals surface area contributed by atoms with Crippen molar-refractivity contribution >= 4 is 23.7 Å². The van der Waals surface area contributed by atoms with E-state index in [1.165, 1.54) is 0 Å². The van der Waals surface area contributed by atoms with Crippen molar-refractivity contribution in [1.82, 2.24) is 10.6 Å². The van der Waals surface area contributed by atoms with Crippen LogP contribution in [0.15, 0.2) is 0 Å². The molecule has 0 aliphatic heterocycles. The monoisotopic (exact) mass is 316 g/mol. The zero-order valence-electron chi connectivity index (χ0n) is 12.8. The van der Waals surface area contributed by atoms with Crippen molar-refractivity contribution in [1.29, 1.82) is 0 Å². The van der Waals surface area contributed by atoms with Crippen LogP contribution in [0.2, 0.25) is 0 Å². The van der Waals surface area contributed by atoms with E-state index >= 15 is 0 Å². The third kappa shape index (κ3) is 7.58. The summed E-state index contributed by atoms with van der Waals surface area (Å²) in [5.74, 6) is -3.13. The summed E-state index contributed by atoms with van der Waals surface area (Å²) in [6.07, 6.45) is 0.640. The highest BCUT2D eigenvalue weighted by Gasteiger charge is 2.28. The van der Waals surface area contributed by atoms with Gasteiger partial charge in [-0.3, -0.25) is 19.2 Å². The lowest BCUT2D eigenvalue weighted by Gasteiger charge is -2.24. The van der Waals surface area contributed by atoms with E-state index in [1.807, 2.05) is 6.92 Å². The van der Waals surface area contributed by atoms with Crippen molar-refractivity contribution in [3.63, 3.8) is 0 Å². The molecule has 9 nitrogen and oxygen atoms in total. The van der Waals surface area contributed by atoms with Crippen molar-refractivity contribution in [2.24, 2.45) is 17.4 Å². The Morgan fingerprint density at radius 2 is 1.77 bits per heavy atom. The number of carbonyl (C=O) groups is 4. The number of nitrogens with two attached hydrogens (primary N) is 2. The second-order valence-corrected chi connectivity index (χ2v) is 5.09. The fourth-order valence-corrected chi connectivity index (χ4v) is 1.66. The predicted molar refractivity (Wildman–Crippen MR) is 78.4 cm³/mol. The molecule has 0 bridgehead atoms. The maximum atomic E-state index is 12.0. The number of hydrogen-bond acceptors (Lipinski definition) is 5. The zero-order chi connectivity index (χ0) is 17.3.